The number of rotatable bonds is 2. The van der Waals surface area contributed by atoms with Crippen LogP contribution in [0.3, 0.4) is 0 Å². The normalized spacial score (nSPS) is 13.5. The zero-order valence-electron chi connectivity index (χ0n) is 12.0. The van der Waals surface area contributed by atoms with Crippen LogP contribution in [0.5, 0.6) is 5.75 Å². The third-order valence-corrected chi connectivity index (χ3v) is 3.63. The van der Waals surface area contributed by atoms with E-state index in [-0.39, 0.29) is 5.91 Å². The predicted molar refractivity (Wildman–Crippen MR) is 82.7 cm³/mol. The summed E-state index contributed by atoms with van der Waals surface area (Å²) >= 11 is 0. The summed E-state index contributed by atoms with van der Waals surface area (Å²) in [4.78, 5) is 14.5. The van der Waals surface area contributed by atoms with Gasteiger partial charge in [0.1, 0.15) is 12.4 Å². The Morgan fingerprint density at radius 3 is 2.90 bits per heavy atom. The molecule has 3 rings (SSSR count). The standard InChI is InChI=1S/C17H18N2O2/c1-12-3-2-4-14(9-12)17(20)19-7-8-21-16-10-13(11-18)5-6-15(16)19/h2-6,9-10H,7-8,11,18H2,1H3. The van der Waals surface area contributed by atoms with Crippen LogP contribution in [0.15, 0.2) is 42.5 Å². The van der Waals surface area contributed by atoms with Gasteiger partial charge in [-0.05, 0) is 36.8 Å². The molecule has 0 saturated carbocycles. The fourth-order valence-corrected chi connectivity index (χ4v) is 2.54. The van der Waals surface area contributed by atoms with Crippen molar-refractivity contribution in [3.8, 4) is 5.75 Å². The molecule has 0 bridgehead atoms. The van der Waals surface area contributed by atoms with E-state index in [9.17, 15) is 4.79 Å². The number of fused-ring (bicyclic) bond motifs is 1. The molecule has 0 fully saturated rings. The Kier molecular flexibility index (Phi) is 3.62. The van der Waals surface area contributed by atoms with Gasteiger partial charge in [-0.1, -0.05) is 23.8 Å². The Labute approximate surface area is 124 Å². The molecule has 1 aliphatic rings. The molecule has 4 heteroatoms. The lowest BCUT2D eigenvalue weighted by atomic mass is 10.1. The molecule has 1 heterocycles. The summed E-state index contributed by atoms with van der Waals surface area (Å²) in [7, 11) is 0. The van der Waals surface area contributed by atoms with Crippen molar-refractivity contribution in [1.29, 1.82) is 0 Å². The second kappa shape index (κ2) is 5.58. The van der Waals surface area contributed by atoms with E-state index in [1.54, 1.807) is 4.90 Å². The monoisotopic (exact) mass is 282 g/mol. The number of hydrogen-bond donors (Lipinski definition) is 1. The molecule has 0 unspecified atom stereocenters. The van der Waals surface area contributed by atoms with Crippen molar-refractivity contribution in [2.75, 3.05) is 18.1 Å². The van der Waals surface area contributed by atoms with E-state index in [2.05, 4.69) is 0 Å². The highest BCUT2D eigenvalue weighted by Gasteiger charge is 2.24. The third kappa shape index (κ3) is 2.62. The van der Waals surface area contributed by atoms with Gasteiger partial charge in [0.05, 0.1) is 12.2 Å². The first-order valence-electron chi connectivity index (χ1n) is 7.03. The SMILES string of the molecule is Cc1cccc(C(=O)N2CCOc3cc(CN)ccc32)c1. The summed E-state index contributed by atoms with van der Waals surface area (Å²) in [6, 6.07) is 13.4. The lowest BCUT2D eigenvalue weighted by Gasteiger charge is -2.30. The molecule has 0 radical (unpaired) electrons. The minimum Gasteiger partial charge on any atom is -0.490 e. The molecule has 4 nitrogen and oxygen atoms in total. The largest absolute Gasteiger partial charge is 0.490 e. The fraction of sp³-hybridized carbons (Fsp3) is 0.235. The Balaban J connectivity index is 1.96. The highest BCUT2D eigenvalue weighted by molar-refractivity contribution is 6.07. The van der Waals surface area contributed by atoms with Crippen molar-refractivity contribution >= 4 is 11.6 Å². The molecule has 2 aromatic carbocycles. The number of anilines is 1. The van der Waals surface area contributed by atoms with Crippen molar-refractivity contribution < 1.29 is 9.53 Å². The fourth-order valence-electron chi connectivity index (χ4n) is 2.54. The number of carbonyl (C=O) groups is 1. The summed E-state index contributed by atoms with van der Waals surface area (Å²) < 4.78 is 5.66. The van der Waals surface area contributed by atoms with Gasteiger partial charge in [-0.3, -0.25) is 4.79 Å². The van der Waals surface area contributed by atoms with Crippen LogP contribution >= 0.6 is 0 Å². The maximum Gasteiger partial charge on any atom is 0.258 e. The molecular weight excluding hydrogens is 264 g/mol. The Morgan fingerprint density at radius 2 is 2.14 bits per heavy atom. The van der Waals surface area contributed by atoms with Gasteiger partial charge in [-0.2, -0.15) is 0 Å². The smallest absolute Gasteiger partial charge is 0.258 e. The molecule has 2 aromatic rings. The van der Waals surface area contributed by atoms with Gasteiger partial charge < -0.3 is 15.4 Å². The summed E-state index contributed by atoms with van der Waals surface area (Å²) in [5, 5.41) is 0. The van der Waals surface area contributed by atoms with E-state index in [1.165, 1.54) is 0 Å². The number of carbonyl (C=O) groups excluding carboxylic acids is 1. The van der Waals surface area contributed by atoms with Crippen LogP contribution in [0.2, 0.25) is 0 Å². The minimum atomic E-state index is 0.00347. The summed E-state index contributed by atoms with van der Waals surface area (Å²) in [6.07, 6.45) is 0. The van der Waals surface area contributed by atoms with Crippen molar-refractivity contribution in [1.82, 2.24) is 0 Å². The first kappa shape index (κ1) is 13.6. The van der Waals surface area contributed by atoms with Crippen LogP contribution in [0.25, 0.3) is 0 Å². The molecule has 21 heavy (non-hydrogen) atoms. The van der Waals surface area contributed by atoms with E-state index in [1.807, 2.05) is 49.4 Å². The van der Waals surface area contributed by atoms with Crippen molar-refractivity contribution in [3.05, 3.63) is 59.2 Å². The van der Waals surface area contributed by atoms with Crippen LogP contribution < -0.4 is 15.4 Å². The second-order valence-electron chi connectivity index (χ2n) is 5.18. The van der Waals surface area contributed by atoms with Crippen LogP contribution in [0.1, 0.15) is 21.5 Å². The van der Waals surface area contributed by atoms with Gasteiger partial charge in [-0.25, -0.2) is 0 Å². The number of amides is 1. The minimum absolute atomic E-state index is 0.00347. The molecule has 0 aromatic heterocycles. The van der Waals surface area contributed by atoms with Gasteiger partial charge >= 0.3 is 0 Å². The van der Waals surface area contributed by atoms with E-state index in [4.69, 9.17) is 10.5 Å². The van der Waals surface area contributed by atoms with E-state index < -0.39 is 0 Å². The maximum atomic E-state index is 12.7. The van der Waals surface area contributed by atoms with Gasteiger partial charge in [-0.15, -0.1) is 0 Å². The molecule has 1 aliphatic heterocycles. The predicted octanol–water partition coefficient (Wildman–Crippen LogP) is 2.49. The number of aryl methyl sites for hydroxylation is 1. The molecule has 1 amide bonds. The summed E-state index contributed by atoms with van der Waals surface area (Å²) in [6.45, 7) is 3.50. The van der Waals surface area contributed by atoms with Crippen LogP contribution in [-0.2, 0) is 6.54 Å². The molecule has 108 valence electrons. The zero-order chi connectivity index (χ0) is 14.8. The highest BCUT2D eigenvalue weighted by Crippen LogP contribution is 2.33. The number of nitrogens with zero attached hydrogens (tertiary/aromatic N) is 1. The third-order valence-electron chi connectivity index (χ3n) is 3.63. The van der Waals surface area contributed by atoms with Crippen LogP contribution in [0.4, 0.5) is 5.69 Å². The first-order chi connectivity index (χ1) is 10.2. The average Bonchev–Trinajstić information content (AvgIpc) is 2.53. The van der Waals surface area contributed by atoms with E-state index in [0.717, 1.165) is 22.6 Å². The molecular formula is C17H18N2O2. The molecule has 0 saturated heterocycles. The summed E-state index contributed by atoms with van der Waals surface area (Å²) in [5.41, 5.74) is 9.23. The van der Waals surface area contributed by atoms with E-state index in [0.29, 0.717) is 25.3 Å². The average molecular weight is 282 g/mol. The highest BCUT2D eigenvalue weighted by atomic mass is 16.5. The molecule has 0 aliphatic carbocycles. The van der Waals surface area contributed by atoms with Gasteiger partial charge in [0.25, 0.3) is 5.91 Å². The topological polar surface area (TPSA) is 55.6 Å². The van der Waals surface area contributed by atoms with Gasteiger partial charge in [0, 0.05) is 12.1 Å². The Hall–Kier alpha value is -2.33. The van der Waals surface area contributed by atoms with Gasteiger partial charge in [0.15, 0.2) is 0 Å². The van der Waals surface area contributed by atoms with Crippen molar-refractivity contribution in [2.24, 2.45) is 5.73 Å². The van der Waals surface area contributed by atoms with Gasteiger partial charge in [0.2, 0.25) is 0 Å². The molecule has 0 atom stereocenters. The number of benzene rings is 2. The van der Waals surface area contributed by atoms with Crippen LogP contribution in [-0.4, -0.2) is 19.1 Å². The lowest BCUT2D eigenvalue weighted by molar-refractivity contribution is 0.0976. The van der Waals surface area contributed by atoms with Crippen molar-refractivity contribution in [3.63, 3.8) is 0 Å². The van der Waals surface area contributed by atoms with Crippen molar-refractivity contribution in [2.45, 2.75) is 13.5 Å². The number of ether oxygens (including phenoxy) is 1. The Bertz CT molecular complexity index is 682. The summed E-state index contributed by atoms with van der Waals surface area (Å²) in [5.74, 6) is 0.731. The number of hydrogen-bond acceptors (Lipinski definition) is 3. The molecule has 2 N–H and O–H groups in total. The van der Waals surface area contributed by atoms with Crippen LogP contribution in [0, 0.1) is 6.92 Å². The zero-order valence-corrected chi connectivity index (χ0v) is 12.0. The quantitative estimate of drug-likeness (QED) is 0.920. The van der Waals surface area contributed by atoms with E-state index >= 15 is 0 Å². The maximum absolute atomic E-state index is 12.7. The first-order valence-corrected chi connectivity index (χ1v) is 7.03. The molecule has 0 spiro atoms. The number of nitrogens with two attached hydrogens (primary N) is 1. The lowest BCUT2D eigenvalue weighted by Crippen LogP contribution is -2.38. The Morgan fingerprint density at radius 1 is 1.29 bits per heavy atom. The second-order valence-corrected chi connectivity index (χ2v) is 5.18.